The van der Waals surface area contributed by atoms with Crippen LogP contribution >= 0.6 is 0 Å². The summed E-state index contributed by atoms with van der Waals surface area (Å²) in [5, 5.41) is 4.11. The fraction of sp³-hybridized carbons (Fsp3) is 0.529. The van der Waals surface area contributed by atoms with Gasteiger partial charge in [-0.3, -0.25) is 4.90 Å². The third-order valence-electron chi connectivity index (χ3n) is 4.69. The van der Waals surface area contributed by atoms with Crippen LogP contribution in [0.25, 0.3) is 11.4 Å². The Morgan fingerprint density at radius 1 is 1.14 bits per heavy atom. The predicted molar refractivity (Wildman–Crippen MR) is 82.1 cm³/mol. The Morgan fingerprint density at radius 2 is 2.00 bits per heavy atom. The van der Waals surface area contributed by atoms with Gasteiger partial charge in [0.15, 0.2) is 0 Å². The van der Waals surface area contributed by atoms with Gasteiger partial charge in [-0.05, 0) is 12.8 Å². The zero-order valence-electron chi connectivity index (χ0n) is 12.6. The first-order valence-electron chi connectivity index (χ1n) is 8.14. The molecule has 1 aliphatic heterocycles. The van der Waals surface area contributed by atoms with Crippen LogP contribution in [0.3, 0.4) is 0 Å². The minimum absolute atomic E-state index is 0.388. The van der Waals surface area contributed by atoms with Crippen LogP contribution in [0.15, 0.2) is 34.9 Å². The zero-order valence-corrected chi connectivity index (χ0v) is 12.6. The van der Waals surface area contributed by atoms with Crippen molar-refractivity contribution in [3.05, 3.63) is 36.2 Å². The van der Waals surface area contributed by atoms with E-state index in [1.54, 1.807) is 0 Å². The second-order valence-corrected chi connectivity index (χ2v) is 6.11. The van der Waals surface area contributed by atoms with Crippen molar-refractivity contribution in [3.8, 4) is 11.4 Å². The first-order chi connectivity index (χ1) is 10.9. The summed E-state index contributed by atoms with van der Waals surface area (Å²) >= 11 is 0. The van der Waals surface area contributed by atoms with E-state index in [0.717, 1.165) is 25.3 Å². The van der Waals surface area contributed by atoms with Gasteiger partial charge in [-0.1, -0.05) is 48.3 Å². The standard InChI is InChI=1S/C17H21N3O2/c1-2-6-13(7-3-1)17-18-16(22-19-17)12-20-10-11-21-15-9-5-4-8-14(15)20/h1-3,6-7,14-15H,4-5,8-12H2/t14-,15-/m0/s1. The van der Waals surface area contributed by atoms with Crippen LogP contribution in [-0.4, -0.2) is 40.3 Å². The summed E-state index contributed by atoms with van der Waals surface area (Å²) in [6.45, 7) is 2.48. The molecule has 22 heavy (non-hydrogen) atoms. The Labute approximate surface area is 130 Å². The van der Waals surface area contributed by atoms with Crippen LogP contribution in [0, 0.1) is 0 Å². The third-order valence-corrected chi connectivity index (χ3v) is 4.69. The lowest BCUT2D eigenvalue weighted by molar-refractivity contribution is -0.0933. The highest BCUT2D eigenvalue weighted by Crippen LogP contribution is 2.29. The number of nitrogens with zero attached hydrogens (tertiary/aromatic N) is 3. The van der Waals surface area contributed by atoms with Crippen molar-refractivity contribution in [1.82, 2.24) is 15.0 Å². The summed E-state index contributed by atoms with van der Waals surface area (Å²) in [6, 6.07) is 10.5. The van der Waals surface area contributed by atoms with Crippen LogP contribution in [0.1, 0.15) is 31.6 Å². The van der Waals surface area contributed by atoms with E-state index in [1.165, 1.54) is 25.7 Å². The molecule has 1 aromatic heterocycles. The van der Waals surface area contributed by atoms with Gasteiger partial charge >= 0.3 is 0 Å². The maximum atomic E-state index is 5.92. The van der Waals surface area contributed by atoms with Gasteiger partial charge in [0.1, 0.15) is 0 Å². The van der Waals surface area contributed by atoms with Crippen molar-refractivity contribution in [1.29, 1.82) is 0 Å². The molecule has 5 heteroatoms. The highest BCUT2D eigenvalue weighted by Gasteiger charge is 2.34. The molecule has 1 aromatic carbocycles. The molecule has 1 saturated heterocycles. The van der Waals surface area contributed by atoms with Crippen LogP contribution in [-0.2, 0) is 11.3 Å². The summed E-state index contributed by atoms with van der Waals surface area (Å²) in [4.78, 5) is 7.01. The molecule has 2 atom stereocenters. The Hall–Kier alpha value is -1.72. The number of hydrogen-bond acceptors (Lipinski definition) is 5. The van der Waals surface area contributed by atoms with Gasteiger partial charge in [-0.25, -0.2) is 0 Å². The van der Waals surface area contributed by atoms with Crippen LogP contribution in [0.5, 0.6) is 0 Å². The van der Waals surface area contributed by atoms with Crippen molar-refractivity contribution in [2.45, 2.75) is 44.4 Å². The molecular formula is C17H21N3O2. The Bertz CT molecular complexity index is 611. The van der Waals surface area contributed by atoms with Crippen LogP contribution in [0.2, 0.25) is 0 Å². The molecule has 1 aliphatic carbocycles. The predicted octanol–water partition coefficient (Wildman–Crippen LogP) is 2.88. The molecule has 2 heterocycles. The molecule has 0 bridgehead atoms. The molecule has 2 aromatic rings. The van der Waals surface area contributed by atoms with Gasteiger partial charge in [0, 0.05) is 18.2 Å². The van der Waals surface area contributed by atoms with E-state index in [9.17, 15) is 0 Å². The first kappa shape index (κ1) is 13.9. The van der Waals surface area contributed by atoms with E-state index in [1.807, 2.05) is 30.3 Å². The van der Waals surface area contributed by atoms with Gasteiger partial charge < -0.3 is 9.26 Å². The Morgan fingerprint density at radius 3 is 2.91 bits per heavy atom. The number of morpholine rings is 1. The molecule has 0 radical (unpaired) electrons. The number of ether oxygens (including phenoxy) is 1. The second kappa shape index (κ2) is 6.18. The van der Waals surface area contributed by atoms with Gasteiger partial charge in [0.25, 0.3) is 0 Å². The summed E-state index contributed by atoms with van der Waals surface area (Å²) < 4.78 is 11.4. The molecule has 0 amide bonds. The lowest BCUT2D eigenvalue weighted by atomic mass is 9.90. The van der Waals surface area contributed by atoms with Crippen molar-refractivity contribution < 1.29 is 9.26 Å². The van der Waals surface area contributed by atoms with E-state index in [-0.39, 0.29) is 0 Å². The summed E-state index contributed by atoms with van der Waals surface area (Å²) in [5.41, 5.74) is 0.995. The van der Waals surface area contributed by atoms with Crippen LogP contribution in [0.4, 0.5) is 0 Å². The number of hydrogen-bond donors (Lipinski definition) is 0. The smallest absolute Gasteiger partial charge is 0.241 e. The molecule has 0 N–H and O–H groups in total. The quantitative estimate of drug-likeness (QED) is 0.872. The van der Waals surface area contributed by atoms with Crippen LogP contribution < -0.4 is 0 Å². The summed E-state index contributed by atoms with van der Waals surface area (Å²) in [7, 11) is 0. The fourth-order valence-electron chi connectivity index (χ4n) is 3.57. The molecule has 116 valence electrons. The molecule has 1 saturated carbocycles. The molecule has 5 nitrogen and oxygen atoms in total. The molecule has 0 spiro atoms. The maximum absolute atomic E-state index is 5.92. The minimum atomic E-state index is 0.388. The van der Waals surface area contributed by atoms with E-state index < -0.39 is 0 Å². The highest BCUT2D eigenvalue weighted by molar-refractivity contribution is 5.53. The van der Waals surface area contributed by atoms with E-state index in [2.05, 4.69) is 15.0 Å². The van der Waals surface area contributed by atoms with Crippen molar-refractivity contribution >= 4 is 0 Å². The lowest BCUT2D eigenvalue weighted by Crippen LogP contribution is -2.52. The van der Waals surface area contributed by atoms with Crippen molar-refractivity contribution in [2.24, 2.45) is 0 Å². The SMILES string of the molecule is c1ccc(-c2noc(CN3CCO[C@H]4CCCC[C@@H]43)n2)cc1. The maximum Gasteiger partial charge on any atom is 0.241 e. The Kier molecular flexibility index (Phi) is 3.91. The summed E-state index contributed by atoms with van der Waals surface area (Å²) in [5.74, 6) is 1.37. The number of rotatable bonds is 3. The summed E-state index contributed by atoms with van der Waals surface area (Å²) in [6.07, 6.45) is 5.36. The van der Waals surface area contributed by atoms with Gasteiger partial charge in [0.2, 0.25) is 11.7 Å². The van der Waals surface area contributed by atoms with Gasteiger partial charge in [-0.2, -0.15) is 4.98 Å². The topological polar surface area (TPSA) is 51.4 Å². The lowest BCUT2D eigenvalue weighted by Gasteiger charge is -2.43. The second-order valence-electron chi connectivity index (χ2n) is 6.11. The number of benzene rings is 1. The first-order valence-corrected chi connectivity index (χ1v) is 8.14. The fourth-order valence-corrected chi connectivity index (χ4v) is 3.57. The average molecular weight is 299 g/mol. The number of fused-ring (bicyclic) bond motifs is 1. The molecule has 0 unspecified atom stereocenters. The largest absolute Gasteiger partial charge is 0.375 e. The average Bonchev–Trinajstić information content (AvgIpc) is 3.05. The van der Waals surface area contributed by atoms with E-state index >= 15 is 0 Å². The normalized spacial score (nSPS) is 25.8. The zero-order chi connectivity index (χ0) is 14.8. The van der Waals surface area contributed by atoms with Gasteiger partial charge in [0.05, 0.1) is 19.3 Å². The Balaban J connectivity index is 1.48. The minimum Gasteiger partial charge on any atom is -0.375 e. The van der Waals surface area contributed by atoms with E-state index in [0.29, 0.717) is 23.9 Å². The monoisotopic (exact) mass is 299 g/mol. The third kappa shape index (κ3) is 2.78. The highest BCUT2D eigenvalue weighted by atomic mass is 16.5. The van der Waals surface area contributed by atoms with Crippen molar-refractivity contribution in [2.75, 3.05) is 13.2 Å². The van der Waals surface area contributed by atoms with Gasteiger partial charge in [-0.15, -0.1) is 0 Å². The molecular weight excluding hydrogens is 278 g/mol. The molecule has 4 rings (SSSR count). The van der Waals surface area contributed by atoms with E-state index in [4.69, 9.17) is 9.26 Å². The number of aromatic nitrogens is 2. The van der Waals surface area contributed by atoms with Crippen molar-refractivity contribution in [3.63, 3.8) is 0 Å². The molecule has 2 aliphatic rings. The molecule has 2 fully saturated rings.